The summed E-state index contributed by atoms with van der Waals surface area (Å²) in [4.78, 5) is 10.6. The van der Waals surface area contributed by atoms with Crippen molar-refractivity contribution in [3.8, 4) is 0 Å². The largest absolute Gasteiger partial charge is 0.281 e. The second-order valence-electron chi connectivity index (χ2n) is 2.39. The Labute approximate surface area is 95.5 Å². The normalized spacial score (nSPS) is 10.2. The Balaban J connectivity index is 3.12. The first kappa shape index (κ1) is 11.1. The van der Waals surface area contributed by atoms with Gasteiger partial charge in [-0.2, -0.15) is 0 Å². The van der Waals surface area contributed by atoms with Gasteiger partial charge in [-0.15, -0.1) is 0 Å². The maximum atomic E-state index is 10.6. The first-order chi connectivity index (χ1) is 6.00. The second kappa shape index (κ2) is 4.52. The van der Waals surface area contributed by atoms with Crippen molar-refractivity contribution in [3.63, 3.8) is 0 Å². The van der Waals surface area contributed by atoms with Crippen molar-refractivity contribution in [1.29, 1.82) is 0 Å². The van der Waals surface area contributed by atoms with Crippen LogP contribution in [0.15, 0.2) is 12.1 Å². The van der Waals surface area contributed by atoms with Crippen LogP contribution < -0.4 is 0 Å². The van der Waals surface area contributed by atoms with Crippen molar-refractivity contribution in [3.05, 3.63) is 32.8 Å². The summed E-state index contributed by atoms with van der Waals surface area (Å²) in [7, 11) is 0. The molecule has 0 atom stereocenters. The molecule has 0 fully saturated rings. The summed E-state index contributed by atoms with van der Waals surface area (Å²) in [5.74, 6) is 0. The Morgan fingerprint density at radius 2 is 1.85 bits per heavy atom. The Morgan fingerprint density at radius 3 is 2.38 bits per heavy atom. The van der Waals surface area contributed by atoms with Crippen molar-refractivity contribution in [1.82, 2.24) is 0 Å². The molecule has 0 N–H and O–H groups in total. The number of hydrogen-bond acceptors (Lipinski definition) is 1. The van der Waals surface area contributed by atoms with E-state index >= 15 is 0 Å². The zero-order chi connectivity index (χ0) is 10.0. The maximum absolute atomic E-state index is 10.6. The van der Waals surface area contributed by atoms with Gasteiger partial charge in [-0.05, 0) is 29.3 Å². The molecule has 0 saturated heterocycles. The van der Waals surface area contributed by atoms with E-state index in [4.69, 9.17) is 46.4 Å². The van der Waals surface area contributed by atoms with Gasteiger partial charge in [0.25, 0.3) is 0 Å². The van der Waals surface area contributed by atoms with Gasteiger partial charge in [0.2, 0.25) is 5.24 Å². The van der Waals surface area contributed by atoms with E-state index in [-0.39, 0.29) is 6.42 Å². The molecule has 70 valence electrons. The van der Waals surface area contributed by atoms with Crippen LogP contribution in [0.2, 0.25) is 15.1 Å². The molecule has 0 saturated carbocycles. The van der Waals surface area contributed by atoms with Crippen LogP contribution in [-0.2, 0) is 11.2 Å². The molecule has 1 rings (SSSR count). The van der Waals surface area contributed by atoms with Crippen LogP contribution in [0.5, 0.6) is 0 Å². The molecule has 13 heavy (non-hydrogen) atoms. The first-order valence-electron chi connectivity index (χ1n) is 3.32. The minimum absolute atomic E-state index is 0.0284. The van der Waals surface area contributed by atoms with Crippen LogP contribution in [0.25, 0.3) is 0 Å². The summed E-state index contributed by atoms with van der Waals surface area (Å²) >= 11 is 22.5. The summed E-state index contributed by atoms with van der Waals surface area (Å²) in [5, 5.41) is 0.574. The highest BCUT2D eigenvalue weighted by Crippen LogP contribution is 2.30. The molecular weight excluding hydrogens is 254 g/mol. The molecule has 5 heteroatoms. The van der Waals surface area contributed by atoms with Crippen LogP contribution in [0.3, 0.4) is 0 Å². The monoisotopic (exact) mass is 256 g/mol. The quantitative estimate of drug-likeness (QED) is 0.579. The topological polar surface area (TPSA) is 17.1 Å². The third-order valence-electron chi connectivity index (χ3n) is 1.40. The van der Waals surface area contributed by atoms with E-state index in [0.717, 1.165) is 0 Å². The van der Waals surface area contributed by atoms with Crippen LogP contribution in [-0.4, -0.2) is 5.24 Å². The minimum Gasteiger partial charge on any atom is -0.281 e. The zero-order valence-corrected chi connectivity index (χ0v) is 9.31. The molecule has 0 bridgehead atoms. The molecule has 0 heterocycles. The van der Waals surface area contributed by atoms with E-state index in [0.29, 0.717) is 20.6 Å². The SMILES string of the molecule is O=C(Cl)Cc1cc(Cl)cc(Cl)c1Cl. The standard InChI is InChI=1S/C8H4Cl4O/c9-5-1-4(2-7(11)13)8(12)6(10)3-5/h1,3H,2H2. The predicted molar refractivity (Wildman–Crippen MR) is 56.0 cm³/mol. The fraction of sp³-hybridized carbons (Fsp3) is 0.125. The molecule has 0 aromatic heterocycles. The number of hydrogen-bond donors (Lipinski definition) is 0. The van der Waals surface area contributed by atoms with E-state index < -0.39 is 5.24 Å². The van der Waals surface area contributed by atoms with Gasteiger partial charge in [0, 0.05) is 11.4 Å². The predicted octanol–water partition coefficient (Wildman–Crippen LogP) is 3.95. The lowest BCUT2D eigenvalue weighted by molar-refractivity contribution is -0.111. The molecular formula is C8H4Cl4O. The van der Waals surface area contributed by atoms with Gasteiger partial charge in [-0.25, -0.2) is 0 Å². The van der Waals surface area contributed by atoms with E-state index in [9.17, 15) is 4.79 Å². The molecule has 0 aliphatic carbocycles. The maximum Gasteiger partial charge on any atom is 0.226 e. The lowest BCUT2D eigenvalue weighted by atomic mass is 10.2. The van der Waals surface area contributed by atoms with Gasteiger partial charge in [0.1, 0.15) is 0 Å². The lowest BCUT2D eigenvalue weighted by Crippen LogP contribution is -1.94. The summed E-state index contributed by atoms with van der Waals surface area (Å²) in [5.41, 5.74) is 0.541. The fourth-order valence-corrected chi connectivity index (χ4v) is 1.74. The smallest absolute Gasteiger partial charge is 0.226 e. The van der Waals surface area contributed by atoms with Crippen molar-refractivity contribution in [2.45, 2.75) is 6.42 Å². The molecule has 1 aromatic rings. The van der Waals surface area contributed by atoms with Crippen molar-refractivity contribution < 1.29 is 4.79 Å². The van der Waals surface area contributed by atoms with Crippen LogP contribution >= 0.6 is 46.4 Å². The van der Waals surface area contributed by atoms with E-state index in [1.807, 2.05) is 0 Å². The third-order valence-corrected chi connectivity index (χ3v) is 2.59. The average Bonchev–Trinajstić information content (AvgIpc) is 1.98. The molecule has 0 aliphatic heterocycles. The van der Waals surface area contributed by atoms with Crippen molar-refractivity contribution in [2.24, 2.45) is 0 Å². The van der Waals surface area contributed by atoms with Gasteiger partial charge in [-0.1, -0.05) is 34.8 Å². The molecule has 0 amide bonds. The summed E-state index contributed by atoms with van der Waals surface area (Å²) < 4.78 is 0. The molecule has 0 radical (unpaired) electrons. The summed E-state index contributed by atoms with van der Waals surface area (Å²) in [6, 6.07) is 3.07. The summed E-state index contributed by atoms with van der Waals surface area (Å²) in [6.07, 6.45) is 0.0284. The van der Waals surface area contributed by atoms with Crippen molar-refractivity contribution >= 4 is 51.6 Å². The zero-order valence-electron chi connectivity index (χ0n) is 6.28. The second-order valence-corrected chi connectivity index (χ2v) is 4.04. The molecule has 0 aliphatic rings. The van der Waals surface area contributed by atoms with Crippen LogP contribution in [0.4, 0.5) is 0 Å². The molecule has 1 aromatic carbocycles. The highest BCUT2D eigenvalue weighted by molar-refractivity contribution is 6.63. The number of carbonyl (C=O) groups is 1. The number of benzene rings is 1. The Bertz CT molecular complexity index is 348. The highest BCUT2D eigenvalue weighted by atomic mass is 35.5. The van der Waals surface area contributed by atoms with Crippen LogP contribution in [0, 0.1) is 0 Å². The van der Waals surface area contributed by atoms with Gasteiger partial charge in [0.05, 0.1) is 10.0 Å². The van der Waals surface area contributed by atoms with Gasteiger partial charge >= 0.3 is 0 Å². The average molecular weight is 258 g/mol. The molecule has 0 unspecified atom stereocenters. The Hall–Kier alpha value is 0.0500. The van der Waals surface area contributed by atoms with Gasteiger partial charge in [0.15, 0.2) is 0 Å². The van der Waals surface area contributed by atoms with E-state index in [1.54, 1.807) is 6.07 Å². The molecule has 1 nitrogen and oxygen atoms in total. The Morgan fingerprint density at radius 1 is 1.23 bits per heavy atom. The minimum atomic E-state index is -0.500. The number of halogens is 4. The van der Waals surface area contributed by atoms with E-state index in [2.05, 4.69) is 0 Å². The number of rotatable bonds is 2. The van der Waals surface area contributed by atoms with E-state index in [1.165, 1.54) is 6.07 Å². The van der Waals surface area contributed by atoms with Crippen molar-refractivity contribution in [2.75, 3.05) is 0 Å². The fourth-order valence-electron chi connectivity index (χ4n) is 0.888. The highest BCUT2D eigenvalue weighted by Gasteiger charge is 2.09. The third kappa shape index (κ3) is 3.03. The van der Waals surface area contributed by atoms with Gasteiger partial charge < -0.3 is 0 Å². The Kier molecular flexibility index (Phi) is 3.87. The van der Waals surface area contributed by atoms with Gasteiger partial charge in [-0.3, -0.25) is 4.79 Å². The summed E-state index contributed by atoms with van der Waals surface area (Å²) in [6.45, 7) is 0. The first-order valence-corrected chi connectivity index (χ1v) is 4.83. The number of carbonyl (C=O) groups excluding carboxylic acids is 1. The molecule has 0 spiro atoms. The van der Waals surface area contributed by atoms with Crippen LogP contribution in [0.1, 0.15) is 5.56 Å². The lowest BCUT2D eigenvalue weighted by Gasteiger charge is -2.03.